The second kappa shape index (κ2) is 4.29. The third-order valence-corrected chi connectivity index (χ3v) is 3.10. The average Bonchev–Trinajstić information content (AvgIpc) is 2.59. The summed E-state index contributed by atoms with van der Waals surface area (Å²) in [6.45, 7) is 4.09. The van der Waals surface area contributed by atoms with Gasteiger partial charge in [-0.1, -0.05) is 22.9 Å². The van der Waals surface area contributed by atoms with Crippen molar-refractivity contribution < 1.29 is 0 Å². The van der Waals surface area contributed by atoms with Gasteiger partial charge in [0.25, 0.3) is 0 Å². The lowest BCUT2D eigenvalue weighted by molar-refractivity contribution is 0.866. The highest BCUT2D eigenvalue weighted by atomic mass is 79.9. The highest BCUT2D eigenvalue weighted by Gasteiger charge is 2.07. The van der Waals surface area contributed by atoms with Crippen molar-refractivity contribution in [2.75, 3.05) is 5.73 Å². The number of aromatic nitrogens is 2. The highest BCUT2D eigenvalue weighted by Crippen LogP contribution is 2.21. The number of halogens is 1. The molecule has 0 unspecified atom stereocenters. The van der Waals surface area contributed by atoms with Crippen LogP contribution in [0.2, 0.25) is 0 Å². The summed E-state index contributed by atoms with van der Waals surface area (Å²) < 4.78 is 2.93. The van der Waals surface area contributed by atoms with Crippen LogP contribution in [0.15, 0.2) is 28.9 Å². The summed E-state index contributed by atoms with van der Waals surface area (Å²) in [6, 6.07) is 6.18. The Morgan fingerprint density at radius 3 is 2.75 bits per heavy atom. The van der Waals surface area contributed by atoms with E-state index >= 15 is 0 Å². The molecule has 0 aliphatic heterocycles. The van der Waals surface area contributed by atoms with Gasteiger partial charge in [0, 0.05) is 16.2 Å². The molecule has 0 aliphatic rings. The molecule has 0 atom stereocenters. The van der Waals surface area contributed by atoms with E-state index in [4.69, 9.17) is 5.73 Å². The zero-order chi connectivity index (χ0) is 11.7. The maximum absolute atomic E-state index is 5.76. The Morgan fingerprint density at radius 1 is 1.44 bits per heavy atom. The molecule has 2 N–H and O–H groups in total. The van der Waals surface area contributed by atoms with E-state index in [-0.39, 0.29) is 0 Å². The van der Waals surface area contributed by atoms with Crippen molar-refractivity contribution >= 4 is 21.7 Å². The molecule has 2 rings (SSSR count). The molecule has 0 aliphatic carbocycles. The first kappa shape index (κ1) is 11.2. The van der Waals surface area contributed by atoms with Crippen molar-refractivity contribution in [2.45, 2.75) is 20.3 Å². The fourth-order valence-corrected chi connectivity index (χ4v) is 2.07. The smallest absolute Gasteiger partial charge is 0.148 e. The monoisotopic (exact) mass is 279 g/mol. The van der Waals surface area contributed by atoms with E-state index in [2.05, 4.69) is 40.1 Å². The van der Waals surface area contributed by atoms with E-state index in [9.17, 15) is 0 Å². The molecule has 0 saturated heterocycles. The Labute approximate surface area is 103 Å². The third kappa shape index (κ3) is 1.97. The molecule has 0 amide bonds. The number of nitrogens with two attached hydrogens (primary N) is 1. The lowest BCUT2D eigenvalue weighted by atomic mass is 10.1. The Hall–Kier alpha value is -1.29. The molecule has 2 aromatic rings. The standard InChI is InChI=1S/C12H14BrN3/c1-3-9-6-10(13)4-5-11(9)16-7-8(2)12(14)15-16/h4-7H,3H2,1-2H3,(H2,14,15). The summed E-state index contributed by atoms with van der Waals surface area (Å²) in [5.41, 5.74) is 9.10. The van der Waals surface area contributed by atoms with Gasteiger partial charge in [0.2, 0.25) is 0 Å². The maximum atomic E-state index is 5.76. The molecule has 1 aromatic heterocycles. The second-order valence-corrected chi connectivity index (χ2v) is 4.68. The van der Waals surface area contributed by atoms with Crippen molar-refractivity contribution in [3.05, 3.63) is 40.0 Å². The molecular weight excluding hydrogens is 266 g/mol. The van der Waals surface area contributed by atoms with E-state index in [1.54, 1.807) is 0 Å². The molecule has 0 radical (unpaired) electrons. The number of nitrogen functional groups attached to an aromatic ring is 1. The molecule has 0 saturated carbocycles. The molecule has 0 fully saturated rings. The number of hydrogen-bond acceptors (Lipinski definition) is 2. The SMILES string of the molecule is CCc1cc(Br)ccc1-n1cc(C)c(N)n1. The van der Waals surface area contributed by atoms with Crippen LogP contribution in [-0.4, -0.2) is 9.78 Å². The number of anilines is 1. The van der Waals surface area contributed by atoms with Gasteiger partial charge < -0.3 is 5.73 Å². The van der Waals surface area contributed by atoms with Crippen LogP contribution in [0.5, 0.6) is 0 Å². The second-order valence-electron chi connectivity index (χ2n) is 3.77. The van der Waals surface area contributed by atoms with Gasteiger partial charge in [0.1, 0.15) is 5.82 Å². The molecule has 1 aromatic carbocycles. The Balaban J connectivity index is 2.55. The highest BCUT2D eigenvalue weighted by molar-refractivity contribution is 9.10. The fourth-order valence-electron chi connectivity index (χ4n) is 1.66. The molecule has 0 spiro atoms. The number of benzene rings is 1. The fraction of sp³-hybridized carbons (Fsp3) is 0.250. The van der Waals surface area contributed by atoms with Crippen LogP contribution in [0.1, 0.15) is 18.1 Å². The summed E-state index contributed by atoms with van der Waals surface area (Å²) >= 11 is 3.47. The topological polar surface area (TPSA) is 43.8 Å². The Kier molecular flexibility index (Phi) is 3.01. The van der Waals surface area contributed by atoms with Crippen LogP contribution in [0, 0.1) is 6.92 Å². The molecule has 0 bridgehead atoms. The van der Waals surface area contributed by atoms with Crippen molar-refractivity contribution in [1.82, 2.24) is 9.78 Å². The third-order valence-electron chi connectivity index (χ3n) is 2.60. The van der Waals surface area contributed by atoms with Gasteiger partial charge in [-0.05, 0) is 37.1 Å². The predicted molar refractivity (Wildman–Crippen MR) is 69.8 cm³/mol. The molecule has 4 heteroatoms. The molecule has 1 heterocycles. The summed E-state index contributed by atoms with van der Waals surface area (Å²) in [6.07, 6.45) is 2.92. The Bertz CT molecular complexity index is 497. The molecule has 3 nitrogen and oxygen atoms in total. The van der Waals surface area contributed by atoms with E-state index in [1.807, 2.05) is 23.9 Å². The normalized spacial score (nSPS) is 10.7. The van der Waals surface area contributed by atoms with Gasteiger partial charge in [-0.2, -0.15) is 5.10 Å². The van der Waals surface area contributed by atoms with Gasteiger partial charge in [-0.25, -0.2) is 4.68 Å². The van der Waals surface area contributed by atoms with E-state index in [0.717, 1.165) is 22.1 Å². The van der Waals surface area contributed by atoms with Gasteiger partial charge in [0.05, 0.1) is 5.69 Å². The maximum Gasteiger partial charge on any atom is 0.148 e. The molecule has 84 valence electrons. The lowest BCUT2D eigenvalue weighted by Crippen LogP contribution is -2.00. The first-order valence-corrected chi connectivity index (χ1v) is 6.01. The van der Waals surface area contributed by atoms with Crippen LogP contribution in [0.4, 0.5) is 5.82 Å². The van der Waals surface area contributed by atoms with E-state index in [1.165, 1.54) is 5.56 Å². The van der Waals surface area contributed by atoms with Crippen LogP contribution in [0.3, 0.4) is 0 Å². The van der Waals surface area contributed by atoms with Crippen molar-refractivity contribution in [3.63, 3.8) is 0 Å². The average molecular weight is 280 g/mol. The molecular formula is C12H14BrN3. The number of rotatable bonds is 2. The summed E-state index contributed by atoms with van der Waals surface area (Å²) in [5.74, 6) is 0.588. The van der Waals surface area contributed by atoms with Crippen molar-refractivity contribution in [1.29, 1.82) is 0 Å². The van der Waals surface area contributed by atoms with Gasteiger partial charge >= 0.3 is 0 Å². The summed E-state index contributed by atoms with van der Waals surface area (Å²) in [4.78, 5) is 0. The zero-order valence-corrected chi connectivity index (χ0v) is 11.0. The van der Waals surface area contributed by atoms with Crippen molar-refractivity contribution in [2.24, 2.45) is 0 Å². The first-order valence-electron chi connectivity index (χ1n) is 5.22. The quantitative estimate of drug-likeness (QED) is 0.918. The minimum atomic E-state index is 0.588. The van der Waals surface area contributed by atoms with Crippen LogP contribution < -0.4 is 5.73 Å². The van der Waals surface area contributed by atoms with Gasteiger partial charge in [-0.15, -0.1) is 0 Å². The van der Waals surface area contributed by atoms with E-state index < -0.39 is 0 Å². The minimum absolute atomic E-state index is 0.588. The lowest BCUT2D eigenvalue weighted by Gasteiger charge is -2.08. The van der Waals surface area contributed by atoms with Crippen LogP contribution >= 0.6 is 15.9 Å². The number of nitrogens with zero attached hydrogens (tertiary/aromatic N) is 2. The minimum Gasteiger partial charge on any atom is -0.382 e. The van der Waals surface area contributed by atoms with Gasteiger partial charge in [-0.3, -0.25) is 0 Å². The predicted octanol–water partition coefficient (Wildman–Crippen LogP) is 3.09. The van der Waals surface area contributed by atoms with Crippen LogP contribution in [-0.2, 0) is 6.42 Å². The number of hydrogen-bond donors (Lipinski definition) is 1. The summed E-state index contributed by atoms with van der Waals surface area (Å²) in [5, 5.41) is 4.30. The molecule has 16 heavy (non-hydrogen) atoms. The zero-order valence-electron chi connectivity index (χ0n) is 9.37. The number of aryl methyl sites for hydroxylation is 2. The van der Waals surface area contributed by atoms with Gasteiger partial charge in [0.15, 0.2) is 0 Å². The Morgan fingerprint density at radius 2 is 2.19 bits per heavy atom. The van der Waals surface area contributed by atoms with E-state index in [0.29, 0.717) is 5.82 Å². The largest absolute Gasteiger partial charge is 0.382 e. The first-order chi connectivity index (χ1) is 7.61. The summed E-state index contributed by atoms with van der Waals surface area (Å²) in [7, 11) is 0. The van der Waals surface area contributed by atoms with Crippen LogP contribution in [0.25, 0.3) is 5.69 Å². The van der Waals surface area contributed by atoms with Crippen molar-refractivity contribution in [3.8, 4) is 5.69 Å².